The lowest BCUT2D eigenvalue weighted by Crippen LogP contribution is -2.65. The predicted molar refractivity (Wildman–Crippen MR) is 188 cm³/mol. The van der Waals surface area contributed by atoms with Crippen LogP contribution in [-0.2, 0) is 42.3 Å². The molecule has 5 heterocycles. The Labute approximate surface area is 320 Å². The maximum atomic E-state index is 12.9. The number of phosphoric acid groups is 2. The van der Waals surface area contributed by atoms with Crippen LogP contribution in [0.15, 0.2) is 29.8 Å². The number of aliphatic imine (C=N–C) groups is 1. The number of nitrogens with two attached hydrogens (primary N) is 1. The van der Waals surface area contributed by atoms with Gasteiger partial charge in [0.25, 0.3) is 5.91 Å². The Bertz CT molecular complexity index is 2330. The van der Waals surface area contributed by atoms with E-state index in [2.05, 4.69) is 33.3 Å². The van der Waals surface area contributed by atoms with Gasteiger partial charge in [-0.3, -0.25) is 28.3 Å². The fraction of sp³-hybridized carbons (Fsp3) is 0.481. The number of aromatic nitrogens is 4. The summed E-state index contributed by atoms with van der Waals surface area (Å²) in [4.78, 5) is 61.8. The number of benzene rings is 1. The zero-order chi connectivity index (χ0) is 41.9. The predicted octanol–water partition coefficient (Wildman–Crippen LogP) is -2.88. The Morgan fingerprint density at radius 2 is 1.63 bits per heavy atom. The second kappa shape index (κ2) is 15.6. The smallest absolute Gasteiger partial charge is 0.388 e. The first kappa shape index (κ1) is 42.5. The Balaban J connectivity index is 1.08. The Hall–Kier alpha value is -4.09. The molecule has 27 nitrogen and oxygen atoms in total. The van der Waals surface area contributed by atoms with Crippen molar-refractivity contribution >= 4 is 72.1 Å². The van der Waals surface area contributed by atoms with Crippen molar-refractivity contribution in [1.82, 2.24) is 24.8 Å². The van der Waals surface area contributed by atoms with Crippen molar-refractivity contribution in [2.45, 2.75) is 62.7 Å². The molecule has 1 fully saturated rings. The number of fused-ring (bicyclic) bond motifs is 3. The molecule has 3 aliphatic heterocycles. The Morgan fingerprint density at radius 3 is 2.30 bits per heavy atom. The minimum Gasteiger partial charge on any atom is -0.388 e. The van der Waals surface area contributed by atoms with Gasteiger partial charge in [-0.2, -0.15) is 17.7 Å². The summed E-state index contributed by atoms with van der Waals surface area (Å²) in [6.07, 6.45) is -10.6. The molecule has 0 spiro atoms. The van der Waals surface area contributed by atoms with Crippen LogP contribution in [0.2, 0.25) is 0 Å². The van der Waals surface area contributed by atoms with Crippen LogP contribution >= 0.6 is 15.6 Å². The molecule has 1 aromatic carbocycles. The number of nitrogens with one attached hydrogen (secondary N) is 1. The summed E-state index contributed by atoms with van der Waals surface area (Å²) < 4.78 is 80.7. The van der Waals surface area contributed by atoms with E-state index in [1.54, 1.807) is 13.8 Å². The first-order valence-electron chi connectivity index (χ1n) is 16.2. The lowest BCUT2D eigenvalue weighted by atomic mass is 10.00. The van der Waals surface area contributed by atoms with Crippen LogP contribution in [0.3, 0.4) is 0 Å². The lowest BCUT2D eigenvalue weighted by molar-refractivity contribution is -0.120. The standard InChI is InChI=1S/C27H35N9O18P2S/c1-10-3-12-13(4-11(10)2)36(57(48,49)50)18-24(32-27(43)33-25(18)42)34(12)5-14(37)19(39)15(38)6-51-55(44,45)54-56(46,47)52-7-16-20(40)21(41)26(53-16)35-9-31-17-22(28)29-8-30-23(17)35/h3-4,8-9,14-16,18-21,26,37-41H,5-7H2,1-2H3,(H,44,45)(H,46,47)(H2,28,29,30)(H,33,42,43)(H,48,49,50)/t14-,15+,16+,18?,19-,20+,21+,26+/m0/s1. The summed E-state index contributed by atoms with van der Waals surface area (Å²) in [6, 6.07) is -0.539. The van der Waals surface area contributed by atoms with Gasteiger partial charge in [-0.1, -0.05) is 0 Å². The van der Waals surface area contributed by atoms with E-state index >= 15 is 0 Å². The van der Waals surface area contributed by atoms with Crippen molar-refractivity contribution in [3.8, 4) is 0 Å². The van der Waals surface area contributed by atoms with Crippen molar-refractivity contribution in [3.63, 3.8) is 0 Å². The molecule has 3 unspecified atom stereocenters. The van der Waals surface area contributed by atoms with Crippen LogP contribution in [0.4, 0.5) is 22.0 Å². The van der Waals surface area contributed by atoms with E-state index in [1.807, 2.05) is 5.32 Å². The third-order valence-corrected chi connectivity index (χ3v) is 12.5. The summed E-state index contributed by atoms with van der Waals surface area (Å²) in [5.41, 5.74) is 6.64. The van der Waals surface area contributed by atoms with Crippen LogP contribution in [-0.4, -0.2) is 148 Å². The van der Waals surface area contributed by atoms with E-state index in [0.717, 1.165) is 11.2 Å². The van der Waals surface area contributed by atoms with Gasteiger partial charge in [0.2, 0.25) is 0 Å². The Kier molecular flexibility index (Phi) is 11.6. The molecule has 11 N–H and O–H groups in total. The van der Waals surface area contributed by atoms with Crippen LogP contribution in [0.1, 0.15) is 17.4 Å². The number of imidazole rings is 1. The molecule has 3 amide bonds. The highest BCUT2D eigenvalue weighted by molar-refractivity contribution is 7.87. The van der Waals surface area contributed by atoms with Gasteiger partial charge in [-0.15, -0.1) is 0 Å². The van der Waals surface area contributed by atoms with Crippen LogP contribution in [0.5, 0.6) is 0 Å². The van der Waals surface area contributed by atoms with Crippen molar-refractivity contribution in [2.24, 2.45) is 4.99 Å². The lowest BCUT2D eigenvalue weighted by Gasteiger charge is -2.44. The number of carbonyl (C=O) groups excluding carboxylic acids is 2. The summed E-state index contributed by atoms with van der Waals surface area (Å²) in [5, 5.41) is 55.1. The number of phosphoric ester groups is 2. The maximum absolute atomic E-state index is 12.9. The number of β-amino-alcohol motifs (C(OH)–C–C–N with tert-alkyl or cyclic N) is 1. The molecule has 6 rings (SSSR count). The Morgan fingerprint density at radius 1 is 0.982 bits per heavy atom. The second-order valence-electron chi connectivity index (χ2n) is 12.8. The number of carbonyl (C=O) groups is 2. The third-order valence-electron chi connectivity index (χ3n) is 8.99. The van der Waals surface area contributed by atoms with Crippen LogP contribution in [0.25, 0.3) is 11.2 Å². The second-order valence-corrected chi connectivity index (χ2v) is 17.2. The number of hydrogen-bond acceptors (Lipinski definition) is 20. The number of nitrogen functional groups attached to an aromatic ring is 1. The number of rotatable bonds is 14. The van der Waals surface area contributed by atoms with E-state index in [0.29, 0.717) is 15.4 Å². The SMILES string of the molecule is Cc1cc2c(cc1C)N(S(=O)(=O)O)C1C(=O)NC(=O)N=C1N2C[C@H](O)[C@H](O)[C@H](O)COP(=O)(O)OP(=O)(O)OC[C@H]1O[C@@H](n2cnc3c(N)ncnc32)[C@H](O)[C@@H]1O. The van der Waals surface area contributed by atoms with Gasteiger partial charge in [0.05, 0.1) is 37.5 Å². The quantitative estimate of drug-likeness (QED) is 0.0575. The van der Waals surface area contributed by atoms with Gasteiger partial charge in [-0.25, -0.2) is 33.2 Å². The fourth-order valence-electron chi connectivity index (χ4n) is 6.11. The molecule has 3 aliphatic rings. The van der Waals surface area contributed by atoms with Crippen molar-refractivity contribution < 1.29 is 85.1 Å². The number of imide groups is 1. The van der Waals surface area contributed by atoms with Gasteiger partial charge in [0, 0.05) is 0 Å². The number of aliphatic hydroxyl groups is 5. The monoisotopic (exact) mass is 867 g/mol. The number of aryl methyl sites for hydroxylation is 2. The number of nitrogens with zero attached hydrogens (tertiary/aromatic N) is 7. The van der Waals surface area contributed by atoms with Crippen molar-refractivity contribution in [3.05, 3.63) is 35.9 Å². The number of anilines is 3. The molecular weight excluding hydrogens is 832 g/mol. The zero-order valence-corrected chi connectivity index (χ0v) is 31.8. The van der Waals surface area contributed by atoms with E-state index in [-0.39, 0.29) is 28.4 Å². The molecule has 0 bridgehead atoms. The first-order valence-corrected chi connectivity index (χ1v) is 20.6. The highest BCUT2D eigenvalue weighted by Gasteiger charge is 2.50. The summed E-state index contributed by atoms with van der Waals surface area (Å²) in [5.74, 6) is -1.81. The zero-order valence-electron chi connectivity index (χ0n) is 29.2. The molecule has 57 heavy (non-hydrogen) atoms. The molecule has 0 aliphatic carbocycles. The summed E-state index contributed by atoms with van der Waals surface area (Å²) >= 11 is 0. The summed E-state index contributed by atoms with van der Waals surface area (Å²) in [6.45, 7) is 0.0376. The highest BCUT2D eigenvalue weighted by Crippen LogP contribution is 2.60. The minimum atomic E-state index is -5.63. The molecule has 10 atom stereocenters. The van der Waals surface area contributed by atoms with Gasteiger partial charge in [0.1, 0.15) is 54.3 Å². The largest absolute Gasteiger partial charge is 0.481 e. The van der Waals surface area contributed by atoms with Gasteiger partial charge in [0.15, 0.2) is 23.7 Å². The number of ether oxygens (including phenoxy) is 1. The number of amides is 3. The van der Waals surface area contributed by atoms with Gasteiger partial charge in [-0.05, 0) is 37.1 Å². The topological polar surface area (TPSA) is 402 Å². The summed E-state index contributed by atoms with van der Waals surface area (Å²) in [7, 11) is -16.4. The molecule has 3 aromatic rings. The molecule has 0 saturated carbocycles. The van der Waals surface area contributed by atoms with Crippen molar-refractivity contribution in [1.29, 1.82) is 0 Å². The van der Waals surface area contributed by atoms with E-state index in [1.165, 1.54) is 23.0 Å². The average Bonchev–Trinajstić information content (AvgIpc) is 3.66. The highest BCUT2D eigenvalue weighted by atomic mass is 32.2. The van der Waals surface area contributed by atoms with Gasteiger partial charge >= 0.3 is 32.0 Å². The minimum absolute atomic E-state index is 0.00753. The number of amidine groups is 1. The van der Waals surface area contributed by atoms with E-state index in [9.17, 15) is 67.0 Å². The van der Waals surface area contributed by atoms with E-state index in [4.69, 9.17) is 10.5 Å². The molecule has 312 valence electrons. The third kappa shape index (κ3) is 8.56. The fourth-order valence-corrected chi connectivity index (χ4v) is 9.06. The van der Waals surface area contributed by atoms with Crippen LogP contribution < -0.4 is 20.3 Å². The normalized spacial score (nSPS) is 26.2. The number of aliphatic hydroxyl groups excluding tert-OH is 5. The molecule has 0 radical (unpaired) electrons. The van der Waals surface area contributed by atoms with Gasteiger partial charge < -0.3 is 50.7 Å². The average molecular weight is 868 g/mol. The maximum Gasteiger partial charge on any atom is 0.481 e. The molecule has 30 heteroatoms. The molecule has 1 saturated heterocycles. The first-order chi connectivity index (χ1) is 26.5. The number of hydrogen-bond donors (Lipinski definition) is 10. The van der Waals surface area contributed by atoms with Crippen LogP contribution in [0, 0.1) is 13.8 Å². The van der Waals surface area contributed by atoms with Crippen molar-refractivity contribution in [2.75, 3.05) is 34.7 Å². The molecule has 2 aromatic heterocycles. The number of urea groups is 1. The molecular formula is C27H35N9O18P2S. The van der Waals surface area contributed by atoms with E-state index < -0.39 is 112 Å².